The standard InChI is InChI=1S/C24H23BrFNO6/c1-30-20-8-5-14(9-21(20)31-2)11-27-12-16(23(28)32-3)22(17(13-27)24(29)33-4)15-6-7-19(26)18(25)10-15/h5-10,12-13,22H,11H2,1-4H3. The summed E-state index contributed by atoms with van der Waals surface area (Å²) >= 11 is 3.16. The molecule has 0 saturated carbocycles. The van der Waals surface area contributed by atoms with Crippen LogP contribution < -0.4 is 9.47 Å². The summed E-state index contributed by atoms with van der Waals surface area (Å²) in [6.45, 7) is 0.321. The van der Waals surface area contributed by atoms with E-state index >= 15 is 0 Å². The van der Waals surface area contributed by atoms with E-state index in [9.17, 15) is 14.0 Å². The number of carbonyl (C=O) groups is 2. The Kier molecular flexibility index (Phi) is 7.75. The van der Waals surface area contributed by atoms with Crippen molar-refractivity contribution in [3.05, 3.63) is 81.4 Å². The normalized spacial score (nSPS) is 13.7. The van der Waals surface area contributed by atoms with E-state index < -0.39 is 23.7 Å². The first-order chi connectivity index (χ1) is 15.8. The van der Waals surface area contributed by atoms with Crippen LogP contribution in [0.5, 0.6) is 11.5 Å². The van der Waals surface area contributed by atoms with Gasteiger partial charge in [-0.15, -0.1) is 0 Å². The zero-order valence-corrected chi connectivity index (χ0v) is 20.1. The number of ether oxygens (including phenoxy) is 4. The molecular formula is C24H23BrFNO6. The van der Waals surface area contributed by atoms with Gasteiger partial charge in [-0.05, 0) is 51.3 Å². The molecule has 1 aliphatic rings. The largest absolute Gasteiger partial charge is 0.493 e. The third-order valence-corrected chi connectivity index (χ3v) is 5.77. The first kappa shape index (κ1) is 24.3. The summed E-state index contributed by atoms with van der Waals surface area (Å²) in [6.07, 6.45) is 3.22. The molecule has 0 atom stereocenters. The van der Waals surface area contributed by atoms with Crippen LogP contribution in [0.4, 0.5) is 4.39 Å². The molecule has 0 amide bonds. The van der Waals surface area contributed by atoms with E-state index in [-0.39, 0.29) is 15.6 Å². The monoisotopic (exact) mass is 519 g/mol. The number of rotatable bonds is 7. The summed E-state index contributed by atoms with van der Waals surface area (Å²) in [5, 5.41) is 0. The average molecular weight is 520 g/mol. The van der Waals surface area contributed by atoms with Gasteiger partial charge in [0.25, 0.3) is 0 Å². The summed E-state index contributed by atoms with van der Waals surface area (Å²) in [6, 6.07) is 9.73. The Balaban J connectivity index is 2.07. The second-order valence-corrected chi connectivity index (χ2v) is 7.97. The quantitative estimate of drug-likeness (QED) is 0.504. The second kappa shape index (κ2) is 10.5. The maximum absolute atomic E-state index is 13.8. The Morgan fingerprint density at radius 2 is 1.52 bits per heavy atom. The Morgan fingerprint density at radius 3 is 2.03 bits per heavy atom. The van der Waals surface area contributed by atoms with Gasteiger partial charge < -0.3 is 23.8 Å². The fourth-order valence-electron chi connectivity index (χ4n) is 3.62. The predicted molar refractivity (Wildman–Crippen MR) is 122 cm³/mol. The predicted octanol–water partition coefficient (Wildman–Crippen LogP) is 4.32. The van der Waals surface area contributed by atoms with Crippen molar-refractivity contribution in [2.45, 2.75) is 12.5 Å². The van der Waals surface area contributed by atoms with E-state index in [1.165, 1.54) is 32.4 Å². The SMILES string of the molecule is COC(=O)C1=CN(Cc2ccc(OC)c(OC)c2)C=C(C(=O)OC)C1c1ccc(F)c(Br)c1. The zero-order chi connectivity index (χ0) is 24.1. The zero-order valence-electron chi connectivity index (χ0n) is 18.6. The number of esters is 2. The fourth-order valence-corrected chi connectivity index (χ4v) is 4.02. The van der Waals surface area contributed by atoms with Gasteiger partial charge in [0.05, 0.1) is 50.0 Å². The maximum Gasteiger partial charge on any atom is 0.336 e. The van der Waals surface area contributed by atoms with Crippen LogP contribution in [0.15, 0.2) is 64.4 Å². The Bertz CT molecular complexity index is 1100. The van der Waals surface area contributed by atoms with Gasteiger partial charge in [-0.3, -0.25) is 0 Å². The lowest BCUT2D eigenvalue weighted by molar-refractivity contribution is -0.137. The molecule has 0 unspecified atom stereocenters. The van der Waals surface area contributed by atoms with Gasteiger partial charge in [-0.1, -0.05) is 12.1 Å². The highest BCUT2D eigenvalue weighted by Gasteiger charge is 2.35. The minimum Gasteiger partial charge on any atom is -0.493 e. The molecule has 0 spiro atoms. The van der Waals surface area contributed by atoms with Gasteiger partial charge in [0.2, 0.25) is 0 Å². The minimum absolute atomic E-state index is 0.208. The third-order valence-electron chi connectivity index (χ3n) is 5.16. The lowest BCUT2D eigenvalue weighted by Gasteiger charge is -2.30. The highest BCUT2D eigenvalue weighted by Crippen LogP contribution is 2.39. The van der Waals surface area contributed by atoms with E-state index in [4.69, 9.17) is 18.9 Å². The molecule has 174 valence electrons. The van der Waals surface area contributed by atoms with Crippen LogP contribution in [0.25, 0.3) is 0 Å². The molecule has 9 heteroatoms. The van der Waals surface area contributed by atoms with E-state index in [2.05, 4.69) is 15.9 Å². The molecule has 7 nitrogen and oxygen atoms in total. The molecule has 2 aromatic rings. The topological polar surface area (TPSA) is 74.3 Å². The Morgan fingerprint density at radius 1 is 0.909 bits per heavy atom. The molecule has 0 saturated heterocycles. The number of methoxy groups -OCH3 is 4. The number of nitrogens with zero attached hydrogens (tertiary/aromatic N) is 1. The first-order valence-corrected chi connectivity index (χ1v) is 10.6. The molecule has 2 aromatic carbocycles. The maximum atomic E-state index is 13.8. The Labute approximate surface area is 199 Å². The summed E-state index contributed by atoms with van der Waals surface area (Å²) in [5.41, 5.74) is 1.79. The van der Waals surface area contributed by atoms with Crippen molar-refractivity contribution < 1.29 is 32.9 Å². The number of hydrogen-bond acceptors (Lipinski definition) is 7. The summed E-state index contributed by atoms with van der Waals surface area (Å²) in [5.74, 6) is -1.37. The van der Waals surface area contributed by atoms with Gasteiger partial charge in [-0.25, -0.2) is 14.0 Å². The fraction of sp³-hybridized carbons (Fsp3) is 0.250. The summed E-state index contributed by atoms with van der Waals surface area (Å²) in [7, 11) is 5.61. The third kappa shape index (κ3) is 5.19. The van der Waals surface area contributed by atoms with Crippen molar-refractivity contribution in [3.8, 4) is 11.5 Å². The minimum atomic E-state index is -0.802. The van der Waals surface area contributed by atoms with Crippen molar-refractivity contribution in [1.82, 2.24) is 4.90 Å². The van der Waals surface area contributed by atoms with Gasteiger partial charge in [0.15, 0.2) is 11.5 Å². The molecule has 33 heavy (non-hydrogen) atoms. The van der Waals surface area contributed by atoms with Crippen molar-refractivity contribution in [3.63, 3.8) is 0 Å². The van der Waals surface area contributed by atoms with Crippen LogP contribution >= 0.6 is 15.9 Å². The van der Waals surface area contributed by atoms with Gasteiger partial charge in [0.1, 0.15) is 5.82 Å². The van der Waals surface area contributed by atoms with E-state index in [1.54, 1.807) is 43.7 Å². The molecule has 3 rings (SSSR count). The van der Waals surface area contributed by atoms with E-state index in [1.807, 2.05) is 6.07 Å². The molecule has 0 N–H and O–H groups in total. The molecule has 0 bridgehead atoms. The smallest absolute Gasteiger partial charge is 0.336 e. The van der Waals surface area contributed by atoms with Crippen LogP contribution in [0.3, 0.4) is 0 Å². The first-order valence-electron chi connectivity index (χ1n) is 9.84. The highest BCUT2D eigenvalue weighted by atomic mass is 79.9. The molecule has 0 aliphatic carbocycles. The molecule has 0 fully saturated rings. The van der Waals surface area contributed by atoms with Crippen molar-refractivity contribution in [2.24, 2.45) is 0 Å². The van der Waals surface area contributed by atoms with Crippen LogP contribution in [-0.2, 0) is 25.6 Å². The van der Waals surface area contributed by atoms with E-state index in [0.29, 0.717) is 23.6 Å². The van der Waals surface area contributed by atoms with Crippen LogP contribution in [-0.4, -0.2) is 45.3 Å². The Hall–Kier alpha value is -3.33. The van der Waals surface area contributed by atoms with Crippen molar-refractivity contribution in [1.29, 1.82) is 0 Å². The molecule has 0 aromatic heterocycles. The van der Waals surface area contributed by atoms with Crippen LogP contribution in [0.1, 0.15) is 17.0 Å². The van der Waals surface area contributed by atoms with Crippen molar-refractivity contribution in [2.75, 3.05) is 28.4 Å². The van der Waals surface area contributed by atoms with Gasteiger partial charge in [-0.2, -0.15) is 0 Å². The van der Waals surface area contributed by atoms with Gasteiger partial charge in [0, 0.05) is 18.9 Å². The van der Waals surface area contributed by atoms with Crippen LogP contribution in [0.2, 0.25) is 0 Å². The van der Waals surface area contributed by atoms with Crippen molar-refractivity contribution >= 4 is 27.9 Å². The highest BCUT2D eigenvalue weighted by molar-refractivity contribution is 9.10. The summed E-state index contributed by atoms with van der Waals surface area (Å²) in [4.78, 5) is 27.1. The molecule has 0 radical (unpaired) electrons. The number of hydrogen-bond donors (Lipinski definition) is 0. The molecule has 1 heterocycles. The second-order valence-electron chi connectivity index (χ2n) is 7.12. The van der Waals surface area contributed by atoms with Crippen LogP contribution in [0, 0.1) is 5.82 Å². The van der Waals surface area contributed by atoms with Gasteiger partial charge >= 0.3 is 11.9 Å². The number of halogens is 2. The number of benzene rings is 2. The lowest BCUT2D eigenvalue weighted by Crippen LogP contribution is -2.28. The molecular weight excluding hydrogens is 497 g/mol. The lowest BCUT2D eigenvalue weighted by atomic mass is 9.83. The average Bonchev–Trinajstić information content (AvgIpc) is 2.84. The number of carbonyl (C=O) groups excluding carboxylic acids is 2. The summed E-state index contributed by atoms with van der Waals surface area (Å²) < 4.78 is 34.7. The van der Waals surface area contributed by atoms with E-state index in [0.717, 1.165) is 5.56 Å². The molecule has 1 aliphatic heterocycles.